The average molecular weight is 391 g/mol. The minimum absolute atomic E-state index is 0.0814. The van der Waals surface area contributed by atoms with Crippen molar-refractivity contribution in [1.82, 2.24) is 16.0 Å². The lowest BCUT2D eigenvalue weighted by Crippen LogP contribution is -2.48. The molecule has 1 aromatic rings. The van der Waals surface area contributed by atoms with Crippen LogP contribution in [0.2, 0.25) is 0 Å². The molecule has 1 saturated carbocycles. The van der Waals surface area contributed by atoms with Crippen molar-refractivity contribution in [3.05, 3.63) is 23.8 Å². The van der Waals surface area contributed by atoms with E-state index in [9.17, 15) is 4.79 Å². The Kier molecular flexibility index (Phi) is 7.96. The standard InChI is InChI=1S/C21H34N4O3/c1-21(2,3)25-18(26)14-24-20(22-4)23-13-15-9-8-12-17(27-5)19(15)28-16-10-6-7-11-16/h8-9,12,16H,6-7,10-11,13-14H2,1-5H3,(H,25,26)(H2,22,23,24). The smallest absolute Gasteiger partial charge is 0.239 e. The fourth-order valence-electron chi connectivity index (χ4n) is 3.19. The predicted molar refractivity (Wildman–Crippen MR) is 112 cm³/mol. The molecule has 1 aromatic carbocycles. The number of benzene rings is 1. The van der Waals surface area contributed by atoms with Gasteiger partial charge in [-0.05, 0) is 52.5 Å². The summed E-state index contributed by atoms with van der Waals surface area (Å²) in [5.41, 5.74) is 0.733. The number of rotatable bonds is 7. The highest BCUT2D eigenvalue weighted by molar-refractivity contribution is 5.86. The Morgan fingerprint density at radius 3 is 2.54 bits per heavy atom. The molecule has 0 saturated heterocycles. The highest BCUT2D eigenvalue weighted by Crippen LogP contribution is 2.34. The van der Waals surface area contributed by atoms with Gasteiger partial charge in [-0.3, -0.25) is 9.79 Å². The maximum Gasteiger partial charge on any atom is 0.239 e. The molecule has 1 aliphatic rings. The third kappa shape index (κ3) is 6.94. The number of nitrogens with zero attached hydrogens (tertiary/aromatic N) is 1. The van der Waals surface area contributed by atoms with Crippen molar-refractivity contribution in [3.63, 3.8) is 0 Å². The zero-order valence-corrected chi connectivity index (χ0v) is 17.7. The third-order valence-corrected chi connectivity index (χ3v) is 4.47. The molecule has 0 spiro atoms. The molecule has 1 fully saturated rings. The van der Waals surface area contributed by atoms with Crippen molar-refractivity contribution in [2.75, 3.05) is 20.7 Å². The third-order valence-electron chi connectivity index (χ3n) is 4.47. The number of methoxy groups -OCH3 is 1. The predicted octanol–water partition coefficient (Wildman–Crippen LogP) is 2.60. The Hall–Kier alpha value is -2.44. The van der Waals surface area contributed by atoms with Crippen LogP contribution in [0, 0.1) is 0 Å². The van der Waals surface area contributed by atoms with E-state index < -0.39 is 0 Å². The van der Waals surface area contributed by atoms with Crippen LogP contribution in [0.15, 0.2) is 23.2 Å². The maximum atomic E-state index is 12.0. The summed E-state index contributed by atoms with van der Waals surface area (Å²) in [5.74, 6) is 1.99. The van der Waals surface area contributed by atoms with Crippen molar-refractivity contribution >= 4 is 11.9 Å². The molecule has 28 heavy (non-hydrogen) atoms. The number of para-hydroxylation sites is 1. The molecule has 0 heterocycles. The van der Waals surface area contributed by atoms with E-state index >= 15 is 0 Å². The number of carbonyl (C=O) groups excluding carboxylic acids is 1. The first-order valence-corrected chi connectivity index (χ1v) is 9.90. The van der Waals surface area contributed by atoms with Crippen LogP contribution in [0.4, 0.5) is 0 Å². The summed E-state index contributed by atoms with van der Waals surface area (Å²) in [6.07, 6.45) is 4.82. The molecular weight excluding hydrogens is 356 g/mol. The minimum Gasteiger partial charge on any atom is -0.493 e. The summed E-state index contributed by atoms with van der Waals surface area (Å²) in [4.78, 5) is 16.2. The molecule has 0 atom stereocenters. The Morgan fingerprint density at radius 2 is 1.93 bits per heavy atom. The van der Waals surface area contributed by atoms with E-state index in [2.05, 4.69) is 20.9 Å². The second-order valence-electron chi connectivity index (χ2n) is 8.05. The fourth-order valence-corrected chi connectivity index (χ4v) is 3.19. The second kappa shape index (κ2) is 10.2. The Morgan fingerprint density at radius 1 is 1.21 bits per heavy atom. The summed E-state index contributed by atoms with van der Waals surface area (Å²) < 4.78 is 11.8. The van der Waals surface area contributed by atoms with Crippen molar-refractivity contribution in [2.45, 2.75) is 64.6 Å². The van der Waals surface area contributed by atoms with Crippen LogP contribution < -0.4 is 25.4 Å². The van der Waals surface area contributed by atoms with Gasteiger partial charge in [0.2, 0.25) is 5.91 Å². The number of hydrogen-bond acceptors (Lipinski definition) is 4. The molecule has 0 aromatic heterocycles. The van der Waals surface area contributed by atoms with Crippen LogP contribution >= 0.6 is 0 Å². The van der Waals surface area contributed by atoms with Gasteiger partial charge in [-0.15, -0.1) is 0 Å². The number of hydrogen-bond donors (Lipinski definition) is 3. The van der Waals surface area contributed by atoms with Crippen molar-refractivity contribution in [2.24, 2.45) is 4.99 Å². The lowest BCUT2D eigenvalue weighted by molar-refractivity contribution is -0.121. The van der Waals surface area contributed by atoms with Crippen molar-refractivity contribution in [1.29, 1.82) is 0 Å². The monoisotopic (exact) mass is 390 g/mol. The Bertz CT molecular complexity index is 677. The van der Waals surface area contributed by atoms with Gasteiger partial charge in [0, 0.05) is 24.7 Å². The van der Waals surface area contributed by atoms with Crippen LogP contribution in [0.3, 0.4) is 0 Å². The highest BCUT2D eigenvalue weighted by atomic mass is 16.5. The van der Waals surface area contributed by atoms with Gasteiger partial charge in [-0.2, -0.15) is 0 Å². The van der Waals surface area contributed by atoms with E-state index in [1.807, 2.05) is 39.0 Å². The molecule has 1 aliphatic carbocycles. The van der Waals surface area contributed by atoms with Crippen LogP contribution in [0.1, 0.15) is 52.0 Å². The molecule has 7 heteroatoms. The van der Waals surface area contributed by atoms with E-state index in [0.717, 1.165) is 29.9 Å². The lowest BCUT2D eigenvalue weighted by Gasteiger charge is -2.21. The number of aliphatic imine (C=N–C) groups is 1. The van der Waals surface area contributed by atoms with Gasteiger partial charge in [-0.25, -0.2) is 0 Å². The van der Waals surface area contributed by atoms with Gasteiger partial charge in [0.15, 0.2) is 17.5 Å². The normalized spacial score (nSPS) is 15.2. The Balaban J connectivity index is 1.97. The lowest BCUT2D eigenvalue weighted by atomic mass is 10.1. The minimum atomic E-state index is -0.261. The van der Waals surface area contributed by atoms with Gasteiger partial charge in [-0.1, -0.05) is 12.1 Å². The summed E-state index contributed by atoms with van der Waals surface area (Å²) in [5, 5.41) is 9.20. The SMILES string of the molecule is CN=C(NCC(=O)NC(C)(C)C)NCc1cccc(OC)c1OC1CCCC1. The van der Waals surface area contributed by atoms with E-state index in [-0.39, 0.29) is 24.1 Å². The number of nitrogens with one attached hydrogen (secondary N) is 3. The zero-order valence-electron chi connectivity index (χ0n) is 17.7. The quantitative estimate of drug-likeness (QED) is 0.492. The summed E-state index contributed by atoms with van der Waals surface area (Å²) in [6, 6.07) is 5.88. The van der Waals surface area contributed by atoms with E-state index in [1.165, 1.54) is 12.8 Å². The number of carbonyl (C=O) groups is 1. The molecule has 156 valence electrons. The van der Waals surface area contributed by atoms with Crippen LogP contribution in [-0.2, 0) is 11.3 Å². The first-order valence-electron chi connectivity index (χ1n) is 9.90. The van der Waals surface area contributed by atoms with Gasteiger partial charge >= 0.3 is 0 Å². The van der Waals surface area contributed by atoms with Gasteiger partial charge in [0.1, 0.15) is 0 Å². The number of guanidine groups is 1. The fraction of sp³-hybridized carbons (Fsp3) is 0.619. The topological polar surface area (TPSA) is 84.0 Å². The average Bonchev–Trinajstić information content (AvgIpc) is 3.14. The van der Waals surface area contributed by atoms with Gasteiger partial charge in [0.25, 0.3) is 0 Å². The molecule has 2 rings (SSSR count). The van der Waals surface area contributed by atoms with Crippen LogP contribution in [0.25, 0.3) is 0 Å². The molecule has 3 N–H and O–H groups in total. The molecular formula is C21H34N4O3. The molecule has 0 unspecified atom stereocenters. The molecule has 1 amide bonds. The number of ether oxygens (including phenoxy) is 2. The van der Waals surface area contributed by atoms with Gasteiger partial charge < -0.3 is 25.4 Å². The summed E-state index contributed by atoms with van der Waals surface area (Å²) in [6.45, 7) is 6.52. The van der Waals surface area contributed by atoms with Crippen molar-refractivity contribution < 1.29 is 14.3 Å². The first kappa shape index (κ1) is 21.9. The molecule has 0 radical (unpaired) electrons. The van der Waals surface area contributed by atoms with Crippen LogP contribution in [0.5, 0.6) is 11.5 Å². The van der Waals surface area contributed by atoms with Crippen molar-refractivity contribution in [3.8, 4) is 11.5 Å². The zero-order chi connectivity index (χ0) is 20.6. The summed E-state index contributed by atoms with van der Waals surface area (Å²) >= 11 is 0. The van der Waals surface area contributed by atoms with Crippen LogP contribution in [-0.4, -0.2) is 44.2 Å². The summed E-state index contributed by atoms with van der Waals surface area (Å²) in [7, 11) is 3.33. The van der Waals surface area contributed by atoms with E-state index in [0.29, 0.717) is 12.5 Å². The van der Waals surface area contributed by atoms with E-state index in [1.54, 1.807) is 14.2 Å². The Labute approximate surface area is 168 Å². The molecule has 7 nitrogen and oxygen atoms in total. The number of amides is 1. The molecule has 0 aliphatic heterocycles. The van der Waals surface area contributed by atoms with Gasteiger partial charge in [0.05, 0.1) is 19.8 Å². The largest absolute Gasteiger partial charge is 0.493 e. The first-order chi connectivity index (χ1) is 13.3. The second-order valence-corrected chi connectivity index (χ2v) is 8.05. The van der Waals surface area contributed by atoms with E-state index in [4.69, 9.17) is 9.47 Å². The molecule has 0 bridgehead atoms. The maximum absolute atomic E-state index is 12.0. The highest BCUT2D eigenvalue weighted by Gasteiger charge is 2.20.